The fourth-order valence-corrected chi connectivity index (χ4v) is 9.71. The predicted molar refractivity (Wildman–Crippen MR) is 254 cm³/mol. The van der Waals surface area contributed by atoms with Gasteiger partial charge in [0.15, 0.2) is 5.82 Å². The molecular weight excluding hydrogens is 753 g/mol. The smallest absolute Gasteiger partial charge is 0.160 e. The molecule has 0 amide bonds. The number of hydrogen-bond donors (Lipinski definition) is 0. The van der Waals surface area contributed by atoms with Crippen LogP contribution in [0.1, 0.15) is 22.3 Å². The van der Waals surface area contributed by atoms with Crippen LogP contribution in [-0.4, -0.2) is 9.97 Å². The summed E-state index contributed by atoms with van der Waals surface area (Å²) in [5, 5.41) is 2.25. The summed E-state index contributed by atoms with van der Waals surface area (Å²) < 4.78 is 6.26. The topological polar surface area (TPSA) is 38.9 Å². The van der Waals surface area contributed by atoms with E-state index in [9.17, 15) is 0 Å². The molecule has 290 valence electrons. The fourth-order valence-electron chi connectivity index (χ4n) is 9.71. The Morgan fingerprint density at radius 3 is 1.50 bits per heavy atom. The molecule has 0 saturated carbocycles. The summed E-state index contributed by atoms with van der Waals surface area (Å²) in [7, 11) is 0. The van der Waals surface area contributed by atoms with Gasteiger partial charge in [-0.3, -0.25) is 0 Å². The molecule has 3 nitrogen and oxygen atoms in total. The second-order valence-corrected chi connectivity index (χ2v) is 16.1. The first-order valence-electron chi connectivity index (χ1n) is 21.1. The molecule has 12 rings (SSSR count). The van der Waals surface area contributed by atoms with Gasteiger partial charge in [-0.25, -0.2) is 9.97 Å². The monoisotopic (exact) mass is 790 g/mol. The molecular formula is C59H38N2O. The summed E-state index contributed by atoms with van der Waals surface area (Å²) in [4.78, 5) is 10.4. The molecule has 2 aromatic heterocycles. The van der Waals surface area contributed by atoms with E-state index in [2.05, 4.69) is 200 Å². The van der Waals surface area contributed by atoms with Crippen LogP contribution in [0, 0.1) is 0 Å². The van der Waals surface area contributed by atoms with Gasteiger partial charge >= 0.3 is 0 Å². The number of benzene rings is 9. The van der Waals surface area contributed by atoms with E-state index in [0.29, 0.717) is 5.82 Å². The van der Waals surface area contributed by atoms with Gasteiger partial charge in [0.1, 0.15) is 11.2 Å². The number of para-hydroxylation sites is 1. The van der Waals surface area contributed by atoms with Gasteiger partial charge in [-0.1, -0.05) is 188 Å². The maximum Gasteiger partial charge on any atom is 0.160 e. The molecule has 1 aliphatic rings. The lowest BCUT2D eigenvalue weighted by molar-refractivity contribution is 0.669. The minimum atomic E-state index is -0.433. The molecule has 0 saturated heterocycles. The zero-order chi connectivity index (χ0) is 41.0. The quantitative estimate of drug-likeness (QED) is 0.161. The van der Waals surface area contributed by atoms with Gasteiger partial charge in [-0.15, -0.1) is 0 Å². The molecule has 0 unspecified atom stereocenters. The Hall–Kier alpha value is -8.14. The third-order valence-electron chi connectivity index (χ3n) is 12.6. The molecule has 62 heavy (non-hydrogen) atoms. The lowest BCUT2D eigenvalue weighted by Crippen LogP contribution is -2.28. The summed E-state index contributed by atoms with van der Waals surface area (Å²) >= 11 is 0. The van der Waals surface area contributed by atoms with Crippen molar-refractivity contribution in [3.05, 3.63) is 253 Å². The molecule has 0 bridgehead atoms. The predicted octanol–water partition coefficient (Wildman–Crippen LogP) is 15.1. The first-order chi connectivity index (χ1) is 30.7. The molecule has 9 aromatic carbocycles. The normalized spacial score (nSPS) is 12.6. The Labute approximate surface area is 360 Å². The Morgan fingerprint density at radius 1 is 0.306 bits per heavy atom. The number of hydrogen-bond acceptors (Lipinski definition) is 3. The third-order valence-corrected chi connectivity index (χ3v) is 12.6. The van der Waals surface area contributed by atoms with Crippen LogP contribution in [0.3, 0.4) is 0 Å². The van der Waals surface area contributed by atoms with E-state index in [1.807, 2.05) is 30.3 Å². The van der Waals surface area contributed by atoms with E-state index >= 15 is 0 Å². The molecule has 2 heterocycles. The van der Waals surface area contributed by atoms with E-state index in [0.717, 1.165) is 72.3 Å². The first kappa shape index (κ1) is 35.8. The van der Waals surface area contributed by atoms with E-state index < -0.39 is 5.41 Å². The summed E-state index contributed by atoms with van der Waals surface area (Å²) in [6.45, 7) is 0. The van der Waals surface area contributed by atoms with Crippen molar-refractivity contribution >= 4 is 21.9 Å². The third kappa shape index (κ3) is 5.82. The van der Waals surface area contributed by atoms with E-state index in [1.54, 1.807) is 0 Å². The average molecular weight is 791 g/mol. The highest BCUT2D eigenvalue weighted by atomic mass is 16.3. The molecule has 0 spiro atoms. The molecule has 0 fully saturated rings. The molecule has 0 atom stereocenters. The van der Waals surface area contributed by atoms with Crippen LogP contribution >= 0.6 is 0 Å². The maximum atomic E-state index is 6.26. The van der Waals surface area contributed by atoms with Crippen LogP contribution < -0.4 is 0 Å². The maximum absolute atomic E-state index is 6.26. The Morgan fingerprint density at radius 2 is 0.806 bits per heavy atom. The molecule has 0 N–H and O–H groups in total. The zero-order valence-electron chi connectivity index (χ0n) is 33.7. The largest absolute Gasteiger partial charge is 0.456 e. The van der Waals surface area contributed by atoms with Crippen molar-refractivity contribution in [2.75, 3.05) is 0 Å². The summed E-state index contributed by atoms with van der Waals surface area (Å²) in [6.07, 6.45) is 0. The van der Waals surface area contributed by atoms with Crippen molar-refractivity contribution in [1.29, 1.82) is 0 Å². The first-order valence-corrected chi connectivity index (χ1v) is 21.1. The van der Waals surface area contributed by atoms with E-state index in [1.165, 1.54) is 33.4 Å². The highest BCUT2D eigenvalue weighted by Crippen LogP contribution is 2.56. The second-order valence-electron chi connectivity index (χ2n) is 16.1. The molecule has 11 aromatic rings. The van der Waals surface area contributed by atoms with E-state index in [4.69, 9.17) is 14.4 Å². The van der Waals surface area contributed by atoms with Gasteiger partial charge in [0.25, 0.3) is 0 Å². The molecule has 0 radical (unpaired) electrons. The van der Waals surface area contributed by atoms with Crippen molar-refractivity contribution in [3.63, 3.8) is 0 Å². The Kier molecular flexibility index (Phi) is 8.39. The number of rotatable bonds is 7. The van der Waals surface area contributed by atoms with E-state index in [-0.39, 0.29) is 0 Å². The minimum absolute atomic E-state index is 0.433. The zero-order valence-corrected chi connectivity index (χ0v) is 33.7. The number of fused-ring (bicyclic) bond motifs is 6. The summed E-state index contributed by atoms with van der Waals surface area (Å²) in [5.74, 6) is 0.685. The van der Waals surface area contributed by atoms with Crippen LogP contribution in [0.4, 0.5) is 0 Å². The van der Waals surface area contributed by atoms with Crippen LogP contribution in [0.5, 0.6) is 0 Å². The van der Waals surface area contributed by atoms with Gasteiger partial charge in [0, 0.05) is 27.5 Å². The van der Waals surface area contributed by atoms with Crippen molar-refractivity contribution in [1.82, 2.24) is 9.97 Å². The average Bonchev–Trinajstić information content (AvgIpc) is 3.88. The second kappa shape index (κ2) is 14.5. The fraction of sp³-hybridized carbons (Fsp3) is 0.0169. The highest BCUT2D eigenvalue weighted by Gasteiger charge is 2.45. The van der Waals surface area contributed by atoms with Gasteiger partial charge in [0.2, 0.25) is 0 Å². The van der Waals surface area contributed by atoms with Crippen LogP contribution in [-0.2, 0) is 5.41 Å². The number of aromatic nitrogens is 2. The van der Waals surface area contributed by atoms with Crippen LogP contribution in [0.15, 0.2) is 235 Å². The van der Waals surface area contributed by atoms with Gasteiger partial charge in [-0.2, -0.15) is 0 Å². The molecule has 0 aliphatic heterocycles. The number of furan rings is 1. The SMILES string of the molecule is c1ccc(-c2nc(-c3cccc(-c4ccc5c(c4)-c4ccccc4C5(c4ccccc4)c4ccccc4)c3)cc(-c3cccc(-c4ccc5c(c4)oc4ccccc45)c3)n2)cc1. The standard InChI is InChI=1S/C59H38N2O/c1-4-16-39(17-5-1)58-60-54(38-55(61-58)45-21-15-19-41(35-45)43-30-32-50-49-27-11-13-29-56(49)62-57(50)37-43)44-20-14-18-40(34-44)42-31-33-53-51(36-42)48-26-10-12-28-52(48)59(53,46-22-6-2-7-23-46)47-24-8-3-9-25-47/h1-38H. The molecule has 3 heteroatoms. The van der Waals surface area contributed by atoms with Crippen molar-refractivity contribution in [2.45, 2.75) is 5.41 Å². The summed E-state index contributed by atoms with van der Waals surface area (Å²) in [6, 6.07) is 82.3. The molecule has 1 aliphatic carbocycles. The minimum Gasteiger partial charge on any atom is -0.456 e. The summed E-state index contributed by atoms with van der Waals surface area (Å²) in [5.41, 5.74) is 18.2. The van der Waals surface area contributed by atoms with Crippen LogP contribution in [0.2, 0.25) is 0 Å². The lowest BCUT2D eigenvalue weighted by Gasteiger charge is -2.33. The van der Waals surface area contributed by atoms with Gasteiger partial charge < -0.3 is 4.42 Å². The Balaban J connectivity index is 0.964. The van der Waals surface area contributed by atoms with Crippen molar-refractivity contribution in [3.8, 4) is 67.3 Å². The lowest BCUT2D eigenvalue weighted by atomic mass is 9.67. The van der Waals surface area contributed by atoms with Crippen molar-refractivity contribution in [2.24, 2.45) is 0 Å². The van der Waals surface area contributed by atoms with Gasteiger partial charge in [-0.05, 0) is 98.1 Å². The van der Waals surface area contributed by atoms with Gasteiger partial charge in [0.05, 0.1) is 16.8 Å². The van der Waals surface area contributed by atoms with Crippen LogP contribution in [0.25, 0.3) is 89.2 Å². The number of nitrogens with zero attached hydrogens (tertiary/aromatic N) is 2. The van der Waals surface area contributed by atoms with Crippen molar-refractivity contribution < 1.29 is 4.42 Å². The highest BCUT2D eigenvalue weighted by molar-refractivity contribution is 6.06. The Bertz CT molecular complexity index is 3420.